The van der Waals surface area contributed by atoms with E-state index in [0.717, 1.165) is 38.5 Å². The lowest BCUT2D eigenvalue weighted by atomic mass is 10.3. The van der Waals surface area contributed by atoms with Crippen molar-refractivity contribution in [2.45, 2.75) is 78.6 Å². The molecule has 0 rings (SSSR count). The second kappa shape index (κ2) is 13.6. The highest BCUT2D eigenvalue weighted by atomic mass is 28.3. The Labute approximate surface area is 133 Å². The Balaban J connectivity index is 5.03. The maximum absolute atomic E-state index is 3.98. The van der Waals surface area contributed by atoms with Gasteiger partial charge in [0.2, 0.25) is 0 Å². The zero-order valence-electron chi connectivity index (χ0n) is 14.1. The minimum atomic E-state index is -2.24. The molecule has 0 radical (unpaired) electrons. The van der Waals surface area contributed by atoms with Crippen LogP contribution in [-0.4, -0.2) is 8.07 Å². The molecule has 0 atom stereocenters. The molecular weight excluding hydrogens is 268 g/mol. The molecule has 114 valence electrons. The molecule has 21 heavy (non-hydrogen) atoms. The lowest BCUT2D eigenvalue weighted by Crippen LogP contribution is -2.27. The highest BCUT2D eigenvalue weighted by Gasteiger charge is 2.22. The summed E-state index contributed by atoms with van der Waals surface area (Å²) >= 11 is 0. The van der Waals surface area contributed by atoms with Gasteiger partial charge in [-0.25, -0.2) is 0 Å². The average Bonchev–Trinajstić information content (AvgIpc) is 2.51. The van der Waals surface area contributed by atoms with E-state index in [-0.39, 0.29) is 0 Å². The molecule has 0 nitrogen and oxygen atoms in total. The predicted molar refractivity (Wildman–Crippen MR) is 97.9 cm³/mol. The van der Waals surface area contributed by atoms with Crippen LogP contribution in [0.2, 0.25) is 0 Å². The van der Waals surface area contributed by atoms with Gasteiger partial charge in [-0.3, -0.25) is 0 Å². The van der Waals surface area contributed by atoms with Crippen LogP contribution in [0.5, 0.6) is 0 Å². The summed E-state index contributed by atoms with van der Waals surface area (Å²) in [5.41, 5.74) is 12.1. The van der Waals surface area contributed by atoms with Crippen LogP contribution in [0.15, 0.2) is 12.3 Å². The molecule has 0 amide bonds. The molecule has 0 saturated carbocycles. The van der Waals surface area contributed by atoms with Gasteiger partial charge in [-0.1, -0.05) is 62.4 Å². The summed E-state index contributed by atoms with van der Waals surface area (Å²) in [6, 6.07) is 0. The van der Waals surface area contributed by atoms with Crippen molar-refractivity contribution >= 4 is 8.07 Å². The standard InChI is InChI=1S/C20H30Si/c1-5-9-12-15-18-21(8-4,19-16-13-10-6-2)20-17-14-11-7-3/h8H,4-7,9-14H2,1-3H3. The summed E-state index contributed by atoms with van der Waals surface area (Å²) in [5.74, 6) is 9.89. The maximum Gasteiger partial charge on any atom is 0.313 e. The maximum atomic E-state index is 3.98. The molecule has 0 N–H and O–H groups in total. The van der Waals surface area contributed by atoms with Crippen molar-refractivity contribution in [1.82, 2.24) is 0 Å². The summed E-state index contributed by atoms with van der Waals surface area (Å²) < 4.78 is 0. The van der Waals surface area contributed by atoms with Gasteiger partial charge in [0, 0.05) is 19.3 Å². The second-order valence-corrected chi connectivity index (χ2v) is 8.00. The van der Waals surface area contributed by atoms with E-state index < -0.39 is 8.07 Å². The van der Waals surface area contributed by atoms with Gasteiger partial charge < -0.3 is 0 Å². The Bertz CT molecular complexity index is 389. The molecule has 1 heteroatoms. The molecule has 0 fully saturated rings. The number of rotatable bonds is 7. The highest BCUT2D eigenvalue weighted by molar-refractivity contribution is 7.04. The van der Waals surface area contributed by atoms with E-state index in [1.54, 1.807) is 0 Å². The highest BCUT2D eigenvalue weighted by Crippen LogP contribution is 2.03. The third-order valence-corrected chi connectivity index (χ3v) is 5.45. The largest absolute Gasteiger partial charge is 0.313 e. The molecule has 0 bridgehead atoms. The van der Waals surface area contributed by atoms with E-state index in [9.17, 15) is 0 Å². The quantitative estimate of drug-likeness (QED) is 0.337. The molecule has 0 aromatic carbocycles. The monoisotopic (exact) mass is 298 g/mol. The van der Waals surface area contributed by atoms with Crippen molar-refractivity contribution in [3.05, 3.63) is 12.3 Å². The van der Waals surface area contributed by atoms with Crippen LogP contribution >= 0.6 is 0 Å². The van der Waals surface area contributed by atoms with Crippen molar-refractivity contribution < 1.29 is 0 Å². The molecule has 0 aliphatic heterocycles. The molecule has 0 aliphatic carbocycles. The minimum Gasteiger partial charge on any atom is -0.108 e. The molecular formula is C20H30Si. The van der Waals surface area contributed by atoms with E-state index >= 15 is 0 Å². The van der Waals surface area contributed by atoms with Crippen LogP contribution < -0.4 is 0 Å². The molecule has 0 aromatic heterocycles. The number of hydrogen-bond donors (Lipinski definition) is 0. The third-order valence-electron chi connectivity index (χ3n) is 3.13. The van der Waals surface area contributed by atoms with Crippen LogP contribution in [-0.2, 0) is 0 Å². The lowest BCUT2D eigenvalue weighted by Gasteiger charge is -2.05. The molecule has 0 aromatic rings. The van der Waals surface area contributed by atoms with Crippen LogP contribution in [0.4, 0.5) is 0 Å². The average molecular weight is 299 g/mol. The van der Waals surface area contributed by atoms with E-state index in [0.29, 0.717) is 0 Å². The van der Waals surface area contributed by atoms with Gasteiger partial charge in [0.1, 0.15) is 0 Å². The predicted octanol–water partition coefficient (Wildman–Crippen LogP) is 5.36. The van der Waals surface area contributed by atoms with E-state index in [1.807, 2.05) is 5.70 Å². The lowest BCUT2D eigenvalue weighted by molar-refractivity contribution is 0.828. The Morgan fingerprint density at radius 2 is 1.05 bits per heavy atom. The summed E-state index contributed by atoms with van der Waals surface area (Å²) in [6.45, 7) is 10.6. The van der Waals surface area contributed by atoms with Crippen molar-refractivity contribution in [3.8, 4) is 34.4 Å². The fourth-order valence-electron chi connectivity index (χ4n) is 1.65. The number of hydrogen-bond acceptors (Lipinski definition) is 0. The first-order valence-corrected chi connectivity index (χ1v) is 10.5. The van der Waals surface area contributed by atoms with Gasteiger partial charge in [-0.2, -0.15) is 0 Å². The summed E-state index contributed by atoms with van der Waals surface area (Å²) in [4.78, 5) is 0. The normalized spacial score (nSPS) is 9.48. The zero-order chi connectivity index (χ0) is 15.8. The fourth-order valence-corrected chi connectivity index (χ4v) is 3.35. The fraction of sp³-hybridized carbons (Fsp3) is 0.600. The van der Waals surface area contributed by atoms with Gasteiger partial charge in [0.25, 0.3) is 0 Å². The van der Waals surface area contributed by atoms with Crippen LogP contribution in [0, 0.1) is 34.4 Å². The Kier molecular flexibility index (Phi) is 12.7. The minimum absolute atomic E-state index is 0.951. The van der Waals surface area contributed by atoms with Gasteiger partial charge >= 0.3 is 8.07 Å². The van der Waals surface area contributed by atoms with Crippen molar-refractivity contribution in [3.63, 3.8) is 0 Å². The van der Waals surface area contributed by atoms with Crippen LogP contribution in [0.3, 0.4) is 0 Å². The Morgan fingerprint density at radius 3 is 1.29 bits per heavy atom. The van der Waals surface area contributed by atoms with E-state index in [1.165, 1.54) is 19.3 Å². The van der Waals surface area contributed by atoms with Gasteiger partial charge in [-0.05, 0) is 19.3 Å². The summed E-state index contributed by atoms with van der Waals surface area (Å²) in [6.07, 6.45) is 9.86. The topological polar surface area (TPSA) is 0 Å². The Morgan fingerprint density at radius 1 is 0.714 bits per heavy atom. The first kappa shape index (κ1) is 19.6. The first-order chi connectivity index (χ1) is 10.2. The molecule has 0 unspecified atom stereocenters. The number of unbranched alkanes of at least 4 members (excludes halogenated alkanes) is 6. The van der Waals surface area contributed by atoms with E-state index in [4.69, 9.17) is 0 Å². The summed E-state index contributed by atoms with van der Waals surface area (Å²) in [7, 11) is -2.24. The third kappa shape index (κ3) is 10.1. The van der Waals surface area contributed by atoms with Gasteiger partial charge in [-0.15, -0.1) is 24.3 Å². The van der Waals surface area contributed by atoms with Gasteiger partial charge in [0.15, 0.2) is 0 Å². The smallest absolute Gasteiger partial charge is 0.108 e. The second-order valence-electron chi connectivity index (χ2n) is 5.23. The first-order valence-electron chi connectivity index (χ1n) is 8.38. The van der Waals surface area contributed by atoms with Crippen molar-refractivity contribution in [2.24, 2.45) is 0 Å². The van der Waals surface area contributed by atoms with E-state index in [2.05, 4.69) is 61.7 Å². The molecule has 0 saturated heterocycles. The van der Waals surface area contributed by atoms with Crippen molar-refractivity contribution in [2.75, 3.05) is 0 Å². The molecule has 0 heterocycles. The Hall–Kier alpha value is -1.36. The molecule has 0 spiro atoms. The van der Waals surface area contributed by atoms with Crippen LogP contribution in [0.1, 0.15) is 78.6 Å². The summed E-state index contributed by atoms with van der Waals surface area (Å²) in [5, 5.41) is 0. The zero-order valence-corrected chi connectivity index (χ0v) is 15.1. The van der Waals surface area contributed by atoms with Gasteiger partial charge in [0.05, 0.1) is 0 Å². The SMILES string of the molecule is C=C[Si](C#CCCCC)(C#CCCCC)C#CCCCC. The van der Waals surface area contributed by atoms with Crippen LogP contribution in [0.25, 0.3) is 0 Å². The molecule has 0 aliphatic rings. The van der Waals surface area contributed by atoms with Crippen molar-refractivity contribution in [1.29, 1.82) is 0 Å².